The van der Waals surface area contributed by atoms with Gasteiger partial charge in [-0.3, -0.25) is 14.5 Å². The third-order valence-corrected chi connectivity index (χ3v) is 4.33. The summed E-state index contributed by atoms with van der Waals surface area (Å²) in [5.74, 6) is -1.08. The van der Waals surface area contributed by atoms with Crippen LogP contribution in [0.15, 0.2) is 91.0 Å². The van der Waals surface area contributed by atoms with Gasteiger partial charge >= 0.3 is 0 Å². The number of amides is 2. The monoisotopic (exact) mass is 394 g/mol. The molecule has 6 heteroatoms. The third kappa shape index (κ3) is 5.04. The van der Waals surface area contributed by atoms with Crippen molar-refractivity contribution in [3.05, 3.63) is 102 Å². The summed E-state index contributed by atoms with van der Waals surface area (Å²) in [6.07, 6.45) is -2.69. The summed E-state index contributed by atoms with van der Waals surface area (Å²) in [5, 5.41) is 2.25. The summed E-state index contributed by atoms with van der Waals surface area (Å²) in [6, 6.07) is 24.8. The van der Waals surface area contributed by atoms with Crippen LogP contribution >= 0.6 is 0 Å². The molecule has 4 nitrogen and oxygen atoms in total. The van der Waals surface area contributed by atoms with Crippen LogP contribution in [0.25, 0.3) is 0 Å². The van der Waals surface area contributed by atoms with Gasteiger partial charge in [0.05, 0.1) is 6.54 Å². The lowest BCUT2D eigenvalue weighted by Gasteiger charge is -2.31. The number of para-hydroxylation sites is 1. The fraction of sp³-hybridized carbons (Fsp3) is 0.130. The maximum atomic E-state index is 13.4. The van der Waals surface area contributed by atoms with Gasteiger partial charge in [-0.2, -0.15) is 0 Å². The Balaban J connectivity index is 2.09. The van der Waals surface area contributed by atoms with Gasteiger partial charge in [0, 0.05) is 11.3 Å². The first kappa shape index (κ1) is 20.2. The Morgan fingerprint density at radius 3 is 1.86 bits per heavy atom. The van der Waals surface area contributed by atoms with Gasteiger partial charge in [0.15, 0.2) is 0 Å². The molecule has 0 aliphatic heterocycles. The summed E-state index contributed by atoms with van der Waals surface area (Å²) in [6.45, 7) is -0.787. The largest absolute Gasteiger partial charge is 0.348 e. The molecule has 0 heterocycles. The molecule has 3 rings (SSSR count). The van der Waals surface area contributed by atoms with E-state index in [1.54, 1.807) is 91.0 Å². The van der Waals surface area contributed by atoms with E-state index in [1.807, 2.05) is 0 Å². The zero-order valence-electron chi connectivity index (χ0n) is 15.5. The predicted molar refractivity (Wildman–Crippen MR) is 108 cm³/mol. The average Bonchev–Trinajstić information content (AvgIpc) is 2.77. The fourth-order valence-corrected chi connectivity index (χ4v) is 3.02. The van der Waals surface area contributed by atoms with Crippen molar-refractivity contribution in [3.63, 3.8) is 0 Å². The molecule has 0 spiro atoms. The van der Waals surface area contributed by atoms with Crippen LogP contribution in [0.5, 0.6) is 0 Å². The van der Waals surface area contributed by atoms with Crippen LogP contribution in [0.1, 0.15) is 22.0 Å². The van der Waals surface area contributed by atoms with Gasteiger partial charge in [-0.25, -0.2) is 8.78 Å². The van der Waals surface area contributed by atoms with E-state index >= 15 is 0 Å². The molecule has 3 aromatic carbocycles. The highest BCUT2D eigenvalue weighted by Gasteiger charge is 2.33. The summed E-state index contributed by atoms with van der Waals surface area (Å²) >= 11 is 0. The number of anilines is 1. The maximum Gasteiger partial charge on any atom is 0.259 e. The molecule has 29 heavy (non-hydrogen) atoms. The van der Waals surface area contributed by atoms with Crippen LogP contribution < -0.4 is 10.2 Å². The van der Waals surface area contributed by atoms with Gasteiger partial charge in [-0.05, 0) is 29.8 Å². The molecule has 0 aliphatic rings. The van der Waals surface area contributed by atoms with Crippen molar-refractivity contribution in [2.45, 2.75) is 12.5 Å². The van der Waals surface area contributed by atoms with Crippen molar-refractivity contribution in [2.75, 3.05) is 11.4 Å². The number of hydrogen-bond donors (Lipinski definition) is 1. The molecule has 2 amide bonds. The fourth-order valence-electron chi connectivity index (χ4n) is 3.02. The molecule has 0 saturated heterocycles. The molecule has 1 N–H and O–H groups in total. The van der Waals surface area contributed by atoms with Crippen LogP contribution in [0.3, 0.4) is 0 Å². The van der Waals surface area contributed by atoms with E-state index in [0.29, 0.717) is 16.8 Å². The second kappa shape index (κ2) is 9.59. The minimum absolute atomic E-state index is 0.388. The summed E-state index contributed by atoms with van der Waals surface area (Å²) in [7, 11) is 0. The van der Waals surface area contributed by atoms with Gasteiger partial charge in [-0.1, -0.05) is 66.7 Å². The number of alkyl halides is 2. The Hall–Kier alpha value is -3.54. The molecule has 148 valence electrons. The maximum absolute atomic E-state index is 13.4. The van der Waals surface area contributed by atoms with E-state index < -0.39 is 30.8 Å². The molecular formula is C23H20F2N2O2. The minimum Gasteiger partial charge on any atom is -0.348 e. The number of halogens is 2. The average molecular weight is 394 g/mol. The van der Waals surface area contributed by atoms with Gasteiger partial charge in [-0.15, -0.1) is 0 Å². The molecule has 0 aromatic heterocycles. The number of carbonyl (C=O) groups excluding carboxylic acids is 2. The Kier molecular flexibility index (Phi) is 6.68. The number of hydrogen-bond acceptors (Lipinski definition) is 2. The van der Waals surface area contributed by atoms with Crippen molar-refractivity contribution < 1.29 is 18.4 Å². The number of nitrogens with one attached hydrogen (secondary N) is 1. The Morgan fingerprint density at radius 2 is 1.31 bits per heavy atom. The van der Waals surface area contributed by atoms with E-state index in [4.69, 9.17) is 0 Å². The topological polar surface area (TPSA) is 49.4 Å². The SMILES string of the molecule is O=C(NCC(F)F)C(c1ccccc1)N(C(=O)c1ccccc1)c1ccccc1. The van der Waals surface area contributed by atoms with Crippen molar-refractivity contribution in [1.29, 1.82) is 0 Å². The smallest absolute Gasteiger partial charge is 0.259 e. The van der Waals surface area contributed by atoms with Gasteiger partial charge in [0.2, 0.25) is 5.91 Å². The molecule has 0 aliphatic carbocycles. The van der Waals surface area contributed by atoms with Crippen LogP contribution in [0.4, 0.5) is 14.5 Å². The highest BCUT2D eigenvalue weighted by atomic mass is 19.3. The van der Waals surface area contributed by atoms with Crippen molar-refractivity contribution in [2.24, 2.45) is 0 Å². The van der Waals surface area contributed by atoms with E-state index in [2.05, 4.69) is 5.32 Å². The first-order valence-electron chi connectivity index (χ1n) is 9.12. The Morgan fingerprint density at radius 1 is 0.793 bits per heavy atom. The number of benzene rings is 3. The van der Waals surface area contributed by atoms with E-state index in [-0.39, 0.29) is 0 Å². The molecule has 1 unspecified atom stereocenters. The summed E-state index contributed by atoms with van der Waals surface area (Å²) in [4.78, 5) is 27.7. The molecule has 3 aromatic rings. The Labute approximate surface area is 167 Å². The highest BCUT2D eigenvalue weighted by Crippen LogP contribution is 2.29. The summed E-state index contributed by atoms with van der Waals surface area (Å²) < 4.78 is 25.4. The number of nitrogens with zero attached hydrogens (tertiary/aromatic N) is 1. The van der Waals surface area contributed by atoms with Crippen molar-refractivity contribution in [1.82, 2.24) is 5.32 Å². The quantitative estimate of drug-likeness (QED) is 0.643. The lowest BCUT2D eigenvalue weighted by Crippen LogP contribution is -2.45. The van der Waals surface area contributed by atoms with E-state index in [0.717, 1.165) is 0 Å². The van der Waals surface area contributed by atoms with E-state index in [1.165, 1.54) is 4.90 Å². The lowest BCUT2D eigenvalue weighted by molar-refractivity contribution is -0.123. The Bertz CT molecular complexity index is 935. The standard InChI is InChI=1S/C23H20F2N2O2/c24-20(25)16-26-22(28)21(17-10-4-1-5-11-17)27(19-14-8-3-9-15-19)23(29)18-12-6-2-7-13-18/h1-15,20-21H,16H2,(H,26,28). The van der Waals surface area contributed by atoms with E-state index in [9.17, 15) is 18.4 Å². The van der Waals surface area contributed by atoms with Crippen LogP contribution in [-0.4, -0.2) is 24.8 Å². The molecule has 0 radical (unpaired) electrons. The van der Waals surface area contributed by atoms with Gasteiger partial charge in [0.25, 0.3) is 12.3 Å². The van der Waals surface area contributed by atoms with Gasteiger partial charge < -0.3 is 5.32 Å². The van der Waals surface area contributed by atoms with Crippen molar-refractivity contribution >= 4 is 17.5 Å². The molecule has 0 bridgehead atoms. The number of carbonyl (C=O) groups is 2. The highest BCUT2D eigenvalue weighted by molar-refractivity contribution is 6.10. The predicted octanol–water partition coefficient (Wildman–Crippen LogP) is 4.46. The minimum atomic E-state index is -2.69. The van der Waals surface area contributed by atoms with Crippen LogP contribution in [0, 0.1) is 0 Å². The first-order valence-corrected chi connectivity index (χ1v) is 9.12. The van der Waals surface area contributed by atoms with Crippen molar-refractivity contribution in [3.8, 4) is 0 Å². The molecule has 0 saturated carbocycles. The molecule has 0 fully saturated rings. The zero-order chi connectivity index (χ0) is 20.6. The zero-order valence-corrected chi connectivity index (χ0v) is 15.5. The second-order valence-corrected chi connectivity index (χ2v) is 6.33. The van der Waals surface area contributed by atoms with Crippen LogP contribution in [0.2, 0.25) is 0 Å². The first-order chi connectivity index (χ1) is 14.1. The summed E-state index contributed by atoms with van der Waals surface area (Å²) in [5.41, 5.74) is 1.40. The van der Waals surface area contributed by atoms with Gasteiger partial charge in [0.1, 0.15) is 6.04 Å². The second-order valence-electron chi connectivity index (χ2n) is 6.33. The lowest BCUT2D eigenvalue weighted by atomic mass is 10.0. The van der Waals surface area contributed by atoms with Crippen LogP contribution in [-0.2, 0) is 4.79 Å². The molecule has 1 atom stereocenters. The normalized spacial score (nSPS) is 11.7. The molecular weight excluding hydrogens is 374 g/mol. The third-order valence-electron chi connectivity index (χ3n) is 4.33. The number of rotatable bonds is 7.